The van der Waals surface area contributed by atoms with E-state index < -0.39 is 43.4 Å². The third kappa shape index (κ3) is 6.44. The van der Waals surface area contributed by atoms with Crippen molar-refractivity contribution in [2.45, 2.75) is 87.2 Å². The Bertz CT molecular complexity index is 2000. The van der Waals surface area contributed by atoms with Gasteiger partial charge in [0.1, 0.15) is 28.2 Å². The minimum Gasteiger partial charge on any atom is -0.338 e. The fourth-order valence-electron chi connectivity index (χ4n) is 8.68. The molecule has 9 nitrogen and oxygen atoms in total. The van der Waals surface area contributed by atoms with Crippen molar-refractivity contribution >= 4 is 27.0 Å². The van der Waals surface area contributed by atoms with Crippen molar-refractivity contribution in [3.63, 3.8) is 0 Å². The number of likely N-dealkylation sites (tertiary alicyclic amines) is 1. The van der Waals surface area contributed by atoms with Gasteiger partial charge in [0.15, 0.2) is 0 Å². The van der Waals surface area contributed by atoms with Gasteiger partial charge in [0, 0.05) is 37.3 Å². The second-order valence-electron chi connectivity index (χ2n) is 13.9. The predicted octanol–water partition coefficient (Wildman–Crippen LogP) is 6.42. The molecule has 3 aliphatic heterocycles. The third-order valence-electron chi connectivity index (χ3n) is 11.1. The first-order chi connectivity index (χ1) is 24.0. The van der Waals surface area contributed by atoms with Crippen LogP contribution in [0.3, 0.4) is 0 Å². The number of benzene rings is 3. The number of hydrogen-bond donors (Lipinski definition) is 1. The number of hydrogen-bond acceptors (Lipinski definition) is 6. The number of para-hydroxylation sites is 2. The van der Waals surface area contributed by atoms with Crippen LogP contribution in [-0.4, -0.2) is 72.0 Å². The fraction of sp³-hybridized carbons (Fsp3) is 0.459. The summed E-state index contributed by atoms with van der Waals surface area (Å²) in [6.07, 6.45) is 6.11. The summed E-state index contributed by atoms with van der Waals surface area (Å²) in [6, 6.07) is 17.3. The zero-order valence-corrected chi connectivity index (χ0v) is 29.1. The number of carbonyl (C=O) groups excluding carboxylic acids is 1. The molecular weight excluding hydrogens is 667 g/mol. The molecule has 0 unspecified atom stereocenters. The highest BCUT2D eigenvalue weighted by Crippen LogP contribution is 2.45. The summed E-state index contributed by atoms with van der Waals surface area (Å²) in [5, 5.41) is 0. The Labute approximate surface area is 290 Å². The number of nitrogens with one attached hydrogen (secondary N) is 1. The number of amides is 1. The van der Waals surface area contributed by atoms with Crippen molar-refractivity contribution in [2.24, 2.45) is 0 Å². The van der Waals surface area contributed by atoms with Gasteiger partial charge < -0.3 is 9.47 Å². The lowest BCUT2D eigenvalue weighted by Gasteiger charge is -2.45. The van der Waals surface area contributed by atoms with Gasteiger partial charge >= 0.3 is 0 Å². The summed E-state index contributed by atoms with van der Waals surface area (Å²) in [5.74, 6) is -2.50. The zero-order valence-electron chi connectivity index (χ0n) is 28.2. The normalized spacial score (nSPS) is 22.3. The SMILES string of the molecule is CCONS(=O)(=O)c1cc(C(=O)N2CCC(CCN3[C@@H]4CC[C@H]3C[C@@H](n3c(C)nc5ccccc53)C4)(c3cccc(F)c3)CC2)c(F)cc1F. The Hall–Kier alpha value is -3.78. The van der Waals surface area contributed by atoms with E-state index in [1.807, 2.05) is 12.1 Å². The molecule has 3 fully saturated rings. The fourth-order valence-corrected chi connectivity index (χ4v) is 9.63. The van der Waals surface area contributed by atoms with Crippen LogP contribution in [0.5, 0.6) is 0 Å². The number of nitrogens with zero attached hydrogens (tertiary/aromatic N) is 4. The molecule has 3 saturated heterocycles. The number of sulfonamides is 1. The maximum atomic E-state index is 15.0. The number of halogens is 3. The van der Waals surface area contributed by atoms with Crippen molar-refractivity contribution in [1.29, 1.82) is 0 Å². The van der Waals surface area contributed by atoms with Crippen molar-refractivity contribution < 1.29 is 31.2 Å². The molecule has 0 aliphatic carbocycles. The molecule has 1 amide bonds. The van der Waals surface area contributed by atoms with E-state index in [1.54, 1.807) is 17.0 Å². The first kappa shape index (κ1) is 34.7. The van der Waals surface area contributed by atoms with E-state index in [9.17, 15) is 26.4 Å². The molecule has 1 N–H and O–H groups in total. The average molecular weight is 710 g/mol. The molecule has 0 spiro atoms. The summed E-state index contributed by atoms with van der Waals surface area (Å²) in [4.78, 5) is 28.1. The standard InChI is InChI=1S/C37H42F3N5O4S/c1-3-49-42-50(47,48)35-22-30(31(39)23-32(35)40)36(46)43-16-13-37(14-17-43,25-7-6-8-26(38)19-25)15-18-44-27-11-12-28(44)21-29(20-27)45-24(2)41-33-9-4-5-10-34(33)45/h4-10,19,22-23,27-29,42H,3,11-18,20-21H2,1-2H3/t27-,28+,29+. The largest absolute Gasteiger partial charge is 0.338 e. The van der Waals surface area contributed by atoms with Crippen molar-refractivity contribution in [2.75, 3.05) is 26.2 Å². The van der Waals surface area contributed by atoms with E-state index in [-0.39, 0.29) is 25.5 Å². The summed E-state index contributed by atoms with van der Waals surface area (Å²) in [6.45, 7) is 4.92. The summed E-state index contributed by atoms with van der Waals surface area (Å²) in [5.41, 5.74) is 2.10. The molecule has 7 rings (SSSR count). The van der Waals surface area contributed by atoms with Crippen molar-refractivity contribution in [1.82, 2.24) is 24.2 Å². The Kier molecular flexibility index (Phi) is 9.52. The number of carbonyl (C=O) groups is 1. The van der Waals surface area contributed by atoms with E-state index in [0.717, 1.165) is 61.6 Å². The number of rotatable bonds is 10. The first-order valence-electron chi connectivity index (χ1n) is 17.4. The van der Waals surface area contributed by atoms with Gasteiger partial charge in [0.2, 0.25) is 0 Å². The van der Waals surface area contributed by atoms with Gasteiger partial charge in [-0.15, -0.1) is 0 Å². The second kappa shape index (κ2) is 13.7. The van der Waals surface area contributed by atoms with Crippen LogP contribution in [0.25, 0.3) is 11.0 Å². The monoisotopic (exact) mass is 709 g/mol. The third-order valence-corrected chi connectivity index (χ3v) is 12.4. The van der Waals surface area contributed by atoms with Crippen molar-refractivity contribution in [3.8, 4) is 0 Å². The van der Waals surface area contributed by atoms with Gasteiger partial charge in [-0.25, -0.2) is 26.6 Å². The molecule has 50 heavy (non-hydrogen) atoms. The number of fused-ring (bicyclic) bond motifs is 3. The van der Waals surface area contributed by atoms with E-state index in [4.69, 9.17) is 9.82 Å². The topological polar surface area (TPSA) is 96.8 Å². The van der Waals surface area contributed by atoms with Crippen LogP contribution in [0.2, 0.25) is 0 Å². The molecule has 0 radical (unpaired) electrons. The lowest BCUT2D eigenvalue weighted by molar-refractivity contribution is 0.0602. The Balaban J connectivity index is 1.08. The molecule has 3 atom stereocenters. The molecule has 3 aromatic carbocycles. The van der Waals surface area contributed by atoms with Gasteiger partial charge in [-0.05, 0) is 107 Å². The smallest absolute Gasteiger partial charge is 0.265 e. The maximum absolute atomic E-state index is 15.0. The first-order valence-corrected chi connectivity index (χ1v) is 18.9. The Morgan fingerprint density at radius 3 is 2.38 bits per heavy atom. The zero-order chi connectivity index (χ0) is 35.2. The van der Waals surface area contributed by atoms with Gasteiger partial charge in [-0.1, -0.05) is 29.2 Å². The minimum absolute atomic E-state index is 0.0170. The number of imidazole rings is 1. The predicted molar refractivity (Wildman–Crippen MR) is 182 cm³/mol. The summed E-state index contributed by atoms with van der Waals surface area (Å²) in [7, 11) is -4.50. The van der Waals surface area contributed by atoms with Crippen LogP contribution >= 0.6 is 0 Å². The molecule has 266 valence electrons. The van der Waals surface area contributed by atoms with E-state index in [2.05, 4.69) is 34.6 Å². The van der Waals surface area contributed by atoms with Crippen LogP contribution in [-0.2, 0) is 20.3 Å². The Morgan fingerprint density at radius 1 is 0.960 bits per heavy atom. The van der Waals surface area contributed by atoms with Gasteiger partial charge in [0.25, 0.3) is 15.9 Å². The Morgan fingerprint density at radius 2 is 1.68 bits per heavy atom. The number of piperidine rings is 2. The van der Waals surface area contributed by atoms with Crippen LogP contribution in [0.1, 0.15) is 79.7 Å². The molecule has 13 heteroatoms. The highest BCUT2D eigenvalue weighted by atomic mass is 32.2. The molecule has 4 heterocycles. The average Bonchev–Trinajstić information content (AvgIpc) is 3.56. The van der Waals surface area contributed by atoms with Crippen LogP contribution in [0.4, 0.5) is 13.2 Å². The number of aromatic nitrogens is 2. The quantitative estimate of drug-likeness (QED) is 0.191. The van der Waals surface area contributed by atoms with E-state index >= 15 is 0 Å². The summed E-state index contributed by atoms with van der Waals surface area (Å²) >= 11 is 0. The van der Waals surface area contributed by atoms with Gasteiger partial charge in [-0.3, -0.25) is 14.5 Å². The highest BCUT2D eigenvalue weighted by Gasteiger charge is 2.44. The maximum Gasteiger partial charge on any atom is 0.265 e. The molecule has 4 aromatic rings. The molecular formula is C37H42F3N5O4S. The van der Waals surface area contributed by atoms with Crippen LogP contribution in [0, 0.1) is 24.4 Å². The molecule has 3 aliphatic rings. The summed E-state index contributed by atoms with van der Waals surface area (Å²) < 4.78 is 71.8. The number of aryl methyl sites for hydroxylation is 1. The molecule has 2 bridgehead atoms. The van der Waals surface area contributed by atoms with Crippen molar-refractivity contribution in [3.05, 3.63) is 95.1 Å². The lowest BCUT2D eigenvalue weighted by Crippen LogP contribution is -2.49. The van der Waals surface area contributed by atoms with E-state index in [1.165, 1.54) is 23.4 Å². The van der Waals surface area contributed by atoms with Gasteiger partial charge in [-0.2, -0.15) is 0 Å². The molecule has 0 saturated carbocycles. The highest BCUT2D eigenvalue weighted by molar-refractivity contribution is 7.89. The van der Waals surface area contributed by atoms with Gasteiger partial charge in [0.05, 0.1) is 23.2 Å². The molecule has 1 aromatic heterocycles. The second-order valence-corrected chi connectivity index (χ2v) is 15.5. The lowest BCUT2D eigenvalue weighted by atomic mass is 9.70. The van der Waals surface area contributed by atoms with Crippen LogP contribution < -0.4 is 4.89 Å². The van der Waals surface area contributed by atoms with E-state index in [0.29, 0.717) is 37.0 Å². The minimum atomic E-state index is -4.50. The van der Waals surface area contributed by atoms with Crippen LogP contribution in [0.15, 0.2) is 65.6 Å².